The highest BCUT2D eigenvalue weighted by atomic mass is 16.5. The molecule has 3 heteroatoms. The van der Waals surface area contributed by atoms with Gasteiger partial charge in [-0.1, -0.05) is 18.2 Å². The fraction of sp³-hybridized carbons (Fsp3) is 0.647. The van der Waals surface area contributed by atoms with Crippen molar-refractivity contribution >= 4 is 5.69 Å². The summed E-state index contributed by atoms with van der Waals surface area (Å²) in [5.74, 6) is 0. The van der Waals surface area contributed by atoms with Crippen LogP contribution in [0.4, 0.5) is 5.69 Å². The first-order valence-electron chi connectivity index (χ1n) is 8.07. The van der Waals surface area contributed by atoms with Gasteiger partial charge in [0, 0.05) is 31.4 Å². The van der Waals surface area contributed by atoms with Crippen molar-refractivity contribution in [2.45, 2.75) is 44.2 Å². The van der Waals surface area contributed by atoms with Gasteiger partial charge in [-0.25, -0.2) is 0 Å². The van der Waals surface area contributed by atoms with E-state index in [-0.39, 0.29) is 0 Å². The van der Waals surface area contributed by atoms with E-state index in [9.17, 15) is 0 Å². The van der Waals surface area contributed by atoms with Gasteiger partial charge in [-0.3, -0.25) is 0 Å². The predicted molar refractivity (Wildman–Crippen MR) is 83.3 cm³/mol. The Morgan fingerprint density at radius 1 is 1.10 bits per heavy atom. The van der Waals surface area contributed by atoms with E-state index in [1.165, 1.54) is 50.9 Å². The van der Waals surface area contributed by atoms with Crippen LogP contribution >= 0.6 is 0 Å². The maximum absolute atomic E-state index is 5.67. The molecule has 2 aliphatic heterocycles. The highest BCUT2D eigenvalue weighted by Crippen LogP contribution is 2.20. The molecule has 1 unspecified atom stereocenters. The van der Waals surface area contributed by atoms with E-state index in [0.717, 1.165) is 13.2 Å². The fourth-order valence-corrected chi connectivity index (χ4v) is 3.30. The lowest BCUT2D eigenvalue weighted by Crippen LogP contribution is -2.43. The van der Waals surface area contributed by atoms with Crippen LogP contribution < -0.4 is 10.2 Å². The van der Waals surface area contributed by atoms with Crippen molar-refractivity contribution in [2.75, 3.05) is 31.1 Å². The van der Waals surface area contributed by atoms with Crippen LogP contribution in [0.15, 0.2) is 30.3 Å². The van der Waals surface area contributed by atoms with E-state index < -0.39 is 0 Å². The molecule has 2 saturated heterocycles. The summed E-state index contributed by atoms with van der Waals surface area (Å²) < 4.78 is 5.67. The molecule has 0 aliphatic carbocycles. The largest absolute Gasteiger partial charge is 0.378 e. The second-order valence-electron chi connectivity index (χ2n) is 5.97. The third-order valence-electron chi connectivity index (χ3n) is 4.54. The van der Waals surface area contributed by atoms with Crippen molar-refractivity contribution in [3.63, 3.8) is 0 Å². The first kappa shape index (κ1) is 13.9. The molecular formula is C17H26N2O. The topological polar surface area (TPSA) is 24.5 Å². The van der Waals surface area contributed by atoms with E-state index in [0.29, 0.717) is 12.1 Å². The van der Waals surface area contributed by atoms with Crippen LogP contribution in [-0.2, 0) is 4.74 Å². The number of benzene rings is 1. The van der Waals surface area contributed by atoms with Gasteiger partial charge in [0.05, 0.1) is 6.10 Å². The molecule has 0 aromatic heterocycles. The Morgan fingerprint density at radius 2 is 1.90 bits per heavy atom. The lowest BCUT2D eigenvalue weighted by molar-refractivity contribution is 0.103. The summed E-state index contributed by atoms with van der Waals surface area (Å²) in [4.78, 5) is 2.50. The standard InChI is InChI=1S/C17H26N2O/c1-2-5-16(6-3-1)19-12-9-15(10-13-19)18-11-8-17-7-4-14-20-17/h1-3,5-6,15,17-18H,4,7-14H2. The number of para-hydroxylation sites is 1. The fourth-order valence-electron chi connectivity index (χ4n) is 3.30. The van der Waals surface area contributed by atoms with Crippen LogP contribution in [0.2, 0.25) is 0 Å². The molecule has 0 amide bonds. The van der Waals surface area contributed by atoms with E-state index in [2.05, 4.69) is 40.5 Å². The van der Waals surface area contributed by atoms with Crippen molar-refractivity contribution < 1.29 is 4.74 Å². The zero-order valence-corrected chi connectivity index (χ0v) is 12.3. The SMILES string of the molecule is c1ccc(N2CCC(NCCC3CCCO3)CC2)cc1. The van der Waals surface area contributed by atoms with Gasteiger partial charge in [0.25, 0.3) is 0 Å². The van der Waals surface area contributed by atoms with Gasteiger partial charge in [-0.2, -0.15) is 0 Å². The van der Waals surface area contributed by atoms with Crippen molar-refractivity contribution in [3.8, 4) is 0 Å². The molecule has 0 radical (unpaired) electrons. The quantitative estimate of drug-likeness (QED) is 0.893. The minimum absolute atomic E-state index is 0.520. The van der Waals surface area contributed by atoms with Gasteiger partial charge < -0.3 is 15.0 Å². The van der Waals surface area contributed by atoms with Gasteiger partial charge in [-0.05, 0) is 50.8 Å². The molecule has 0 saturated carbocycles. The van der Waals surface area contributed by atoms with Crippen LogP contribution in [0.3, 0.4) is 0 Å². The number of hydrogen-bond acceptors (Lipinski definition) is 3. The number of ether oxygens (including phenoxy) is 1. The number of anilines is 1. The summed E-state index contributed by atoms with van der Waals surface area (Å²) in [6.45, 7) is 4.42. The molecule has 1 atom stereocenters. The Bertz CT molecular complexity index is 381. The Labute approximate surface area is 122 Å². The molecule has 3 rings (SSSR count). The van der Waals surface area contributed by atoms with Crippen LogP contribution in [0.5, 0.6) is 0 Å². The van der Waals surface area contributed by atoms with Crippen LogP contribution in [0.1, 0.15) is 32.1 Å². The minimum Gasteiger partial charge on any atom is -0.378 e. The molecular weight excluding hydrogens is 248 g/mol. The van der Waals surface area contributed by atoms with Gasteiger partial charge in [-0.15, -0.1) is 0 Å². The third kappa shape index (κ3) is 3.74. The number of hydrogen-bond donors (Lipinski definition) is 1. The van der Waals surface area contributed by atoms with E-state index >= 15 is 0 Å². The number of nitrogens with one attached hydrogen (secondary N) is 1. The predicted octanol–water partition coefficient (Wildman–Crippen LogP) is 2.81. The molecule has 2 heterocycles. The van der Waals surface area contributed by atoms with E-state index in [1.807, 2.05) is 0 Å². The average Bonchev–Trinajstić information content (AvgIpc) is 3.02. The summed E-state index contributed by atoms with van der Waals surface area (Å²) >= 11 is 0. The van der Waals surface area contributed by atoms with E-state index in [1.54, 1.807) is 0 Å². The monoisotopic (exact) mass is 274 g/mol. The highest BCUT2D eigenvalue weighted by molar-refractivity contribution is 5.46. The Hall–Kier alpha value is -1.06. The molecule has 2 aliphatic rings. The normalized spacial score (nSPS) is 24.2. The van der Waals surface area contributed by atoms with Crippen LogP contribution in [-0.4, -0.2) is 38.4 Å². The Morgan fingerprint density at radius 3 is 2.60 bits per heavy atom. The zero-order valence-electron chi connectivity index (χ0n) is 12.3. The lowest BCUT2D eigenvalue weighted by Gasteiger charge is -2.34. The molecule has 110 valence electrons. The van der Waals surface area contributed by atoms with Crippen molar-refractivity contribution in [3.05, 3.63) is 30.3 Å². The minimum atomic E-state index is 0.520. The Balaban J connectivity index is 1.36. The maximum Gasteiger partial charge on any atom is 0.0588 e. The summed E-state index contributed by atoms with van der Waals surface area (Å²) in [5.41, 5.74) is 1.37. The number of piperidine rings is 1. The van der Waals surface area contributed by atoms with Crippen molar-refractivity contribution in [2.24, 2.45) is 0 Å². The maximum atomic E-state index is 5.67. The molecule has 1 aromatic rings. The molecule has 0 spiro atoms. The first-order chi connectivity index (χ1) is 9.92. The number of nitrogens with zero attached hydrogens (tertiary/aromatic N) is 1. The second-order valence-corrected chi connectivity index (χ2v) is 5.97. The molecule has 1 aromatic carbocycles. The summed E-state index contributed by atoms with van der Waals surface area (Å²) in [6, 6.07) is 11.5. The molecule has 3 nitrogen and oxygen atoms in total. The molecule has 0 bridgehead atoms. The molecule has 2 fully saturated rings. The van der Waals surface area contributed by atoms with E-state index in [4.69, 9.17) is 4.74 Å². The highest BCUT2D eigenvalue weighted by Gasteiger charge is 2.20. The lowest BCUT2D eigenvalue weighted by atomic mass is 10.0. The first-order valence-corrected chi connectivity index (χ1v) is 8.07. The van der Waals surface area contributed by atoms with Gasteiger partial charge >= 0.3 is 0 Å². The second kappa shape index (κ2) is 7.09. The Kier molecular flexibility index (Phi) is 4.93. The zero-order chi connectivity index (χ0) is 13.6. The average molecular weight is 274 g/mol. The van der Waals surface area contributed by atoms with Gasteiger partial charge in [0.1, 0.15) is 0 Å². The van der Waals surface area contributed by atoms with Crippen LogP contribution in [0, 0.1) is 0 Å². The van der Waals surface area contributed by atoms with Crippen molar-refractivity contribution in [1.29, 1.82) is 0 Å². The summed E-state index contributed by atoms with van der Waals surface area (Å²) in [5, 5.41) is 3.71. The third-order valence-corrected chi connectivity index (χ3v) is 4.54. The van der Waals surface area contributed by atoms with Gasteiger partial charge in [0.15, 0.2) is 0 Å². The van der Waals surface area contributed by atoms with Crippen LogP contribution in [0.25, 0.3) is 0 Å². The van der Waals surface area contributed by atoms with Crippen molar-refractivity contribution in [1.82, 2.24) is 5.32 Å². The van der Waals surface area contributed by atoms with Gasteiger partial charge in [0.2, 0.25) is 0 Å². The molecule has 20 heavy (non-hydrogen) atoms. The summed E-state index contributed by atoms with van der Waals surface area (Å²) in [7, 11) is 0. The number of rotatable bonds is 5. The smallest absolute Gasteiger partial charge is 0.0588 e. The summed E-state index contributed by atoms with van der Waals surface area (Å²) in [6.07, 6.45) is 6.71. The molecule has 1 N–H and O–H groups in total.